The monoisotopic (exact) mass is 355 g/mol. The number of carbonyl (C=O) groups is 2. The molecule has 0 aliphatic carbocycles. The van der Waals surface area contributed by atoms with Crippen molar-refractivity contribution in [1.29, 1.82) is 0 Å². The lowest BCUT2D eigenvalue weighted by atomic mass is 10.1. The van der Waals surface area contributed by atoms with E-state index in [0.717, 1.165) is 0 Å². The summed E-state index contributed by atoms with van der Waals surface area (Å²) in [6.07, 6.45) is 1.75. The highest BCUT2D eigenvalue weighted by atomic mass is 35.5. The minimum atomic E-state index is -0.438. The van der Waals surface area contributed by atoms with Crippen molar-refractivity contribution in [2.24, 2.45) is 5.92 Å². The van der Waals surface area contributed by atoms with Crippen LogP contribution in [0.1, 0.15) is 6.42 Å². The first-order valence-electron chi connectivity index (χ1n) is 6.50. The van der Waals surface area contributed by atoms with Crippen LogP contribution in [-0.2, 0) is 9.59 Å². The zero-order chi connectivity index (χ0) is 15.7. The lowest BCUT2D eigenvalue weighted by Gasteiger charge is -2.18. The summed E-state index contributed by atoms with van der Waals surface area (Å²) in [5, 5.41) is 5.93. The molecule has 22 heavy (non-hydrogen) atoms. The Morgan fingerprint density at radius 2 is 2.23 bits per heavy atom. The van der Waals surface area contributed by atoms with E-state index < -0.39 is 5.92 Å². The first kappa shape index (κ1) is 15.3. The fraction of sp³-hybridized carbons (Fsp3) is 0.214. The van der Waals surface area contributed by atoms with E-state index in [1.807, 2.05) is 0 Å². The molecule has 1 N–H and O–H groups in total. The lowest BCUT2D eigenvalue weighted by molar-refractivity contribution is -0.122. The quantitative estimate of drug-likeness (QED) is 0.916. The van der Waals surface area contributed by atoms with Crippen molar-refractivity contribution in [1.82, 2.24) is 4.98 Å². The minimum Gasteiger partial charge on any atom is -0.310 e. The van der Waals surface area contributed by atoms with Gasteiger partial charge in [0.25, 0.3) is 0 Å². The second kappa shape index (κ2) is 6.24. The van der Waals surface area contributed by atoms with E-state index in [1.54, 1.807) is 29.8 Å². The largest absolute Gasteiger partial charge is 0.310 e. The number of rotatable bonds is 3. The van der Waals surface area contributed by atoms with Gasteiger partial charge in [-0.15, -0.1) is 11.3 Å². The predicted molar refractivity (Wildman–Crippen MR) is 87.7 cm³/mol. The Kier molecular flexibility index (Phi) is 4.33. The molecule has 114 valence electrons. The van der Waals surface area contributed by atoms with Gasteiger partial charge < -0.3 is 10.2 Å². The highest BCUT2D eigenvalue weighted by molar-refractivity contribution is 7.13. The molecule has 0 radical (unpaired) electrons. The van der Waals surface area contributed by atoms with Crippen molar-refractivity contribution < 1.29 is 9.59 Å². The SMILES string of the molecule is O=C(Nc1nccs1)C1CC(=O)N(c2cc(Cl)ccc2Cl)C1. The lowest BCUT2D eigenvalue weighted by Crippen LogP contribution is -2.28. The van der Waals surface area contributed by atoms with Gasteiger partial charge in [0.2, 0.25) is 11.8 Å². The fourth-order valence-electron chi connectivity index (χ4n) is 2.30. The Labute approximate surface area is 140 Å². The van der Waals surface area contributed by atoms with Crippen LogP contribution >= 0.6 is 34.5 Å². The normalized spacial score (nSPS) is 17.8. The van der Waals surface area contributed by atoms with Crippen molar-refractivity contribution >= 4 is 57.2 Å². The van der Waals surface area contributed by atoms with Crippen LogP contribution in [0.3, 0.4) is 0 Å². The zero-order valence-corrected chi connectivity index (χ0v) is 13.6. The Morgan fingerprint density at radius 1 is 1.41 bits per heavy atom. The van der Waals surface area contributed by atoms with E-state index in [4.69, 9.17) is 23.2 Å². The average molecular weight is 356 g/mol. The van der Waals surface area contributed by atoms with Crippen LogP contribution in [0.15, 0.2) is 29.8 Å². The van der Waals surface area contributed by atoms with Gasteiger partial charge in [-0.3, -0.25) is 9.59 Å². The summed E-state index contributed by atoms with van der Waals surface area (Å²) in [6.45, 7) is 0.274. The maximum absolute atomic E-state index is 12.2. The number of nitrogens with zero attached hydrogens (tertiary/aromatic N) is 2. The van der Waals surface area contributed by atoms with E-state index in [2.05, 4.69) is 10.3 Å². The smallest absolute Gasteiger partial charge is 0.231 e. The number of amides is 2. The zero-order valence-electron chi connectivity index (χ0n) is 11.3. The van der Waals surface area contributed by atoms with Crippen LogP contribution in [0, 0.1) is 5.92 Å². The summed E-state index contributed by atoms with van der Waals surface area (Å²) in [6, 6.07) is 4.92. The summed E-state index contributed by atoms with van der Waals surface area (Å²) in [5.41, 5.74) is 0.531. The summed E-state index contributed by atoms with van der Waals surface area (Å²) in [7, 11) is 0. The van der Waals surface area contributed by atoms with Crippen molar-refractivity contribution in [3.63, 3.8) is 0 Å². The molecule has 1 aliphatic rings. The highest BCUT2D eigenvalue weighted by Gasteiger charge is 2.36. The third-order valence-electron chi connectivity index (χ3n) is 3.36. The summed E-state index contributed by atoms with van der Waals surface area (Å²) < 4.78 is 0. The molecule has 8 heteroatoms. The van der Waals surface area contributed by atoms with Gasteiger partial charge in [0.05, 0.1) is 16.6 Å². The Bertz CT molecular complexity index is 721. The first-order valence-corrected chi connectivity index (χ1v) is 8.14. The van der Waals surface area contributed by atoms with Crippen LogP contribution in [0.5, 0.6) is 0 Å². The molecule has 0 spiro atoms. The molecule has 1 atom stereocenters. The maximum atomic E-state index is 12.2. The molecule has 2 heterocycles. The number of nitrogens with one attached hydrogen (secondary N) is 1. The van der Waals surface area contributed by atoms with Crippen molar-refractivity contribution in [2.75, 3.05) is 16.8 Å². The van der Waals surface area contributed by atoms with Crippen LogP contribution in [0.25, 0.3) is 0 Å². The molecular formula is C14H11Cl2N3O2S. The van der Waals surface area contributed by atoms with Crippen molar-refractivity contribution in [3.8, 4) is 0 Å². The molecule has 1 aliphatic heterocycles. The predicted octanol–water partition coefficient (Wildman–Crippen LogP) is 3.44. The molecular weight excluding hydrogens is 345 g/mol. The van der Waals surface area contributed by atoms with Crippen LogP contribution in [0.4, 0.5) is 10.8 Å². The molecule has 2 aromatic rings. The standard InChI is InChI=1S/C14H11Cl2N3O2S/c15-9-1-2-10(16)11(6-9)19-7-8(5-12(19)20)13(21)18-14-17-3-4-22-14/h1-4,6,8H,5,7H2,(H,17,18,21). The molecule has 1 aromatic carbocycles. The van der Waals surface area contributed by atoms with E-state index in [0.29, 0.717) is 20.9 Å². The summed E-state index contributed by atoms with van der Waals surface area (Å²) in [5.74, 6) is -0.807. The molecule has 1 saturated heterocycles. The van der Waals surface area contributed by atoms with Gasteiger partial charge >= 0.3 is 0 Å². The van der Waals surface area contributed by atoms with E-state index in [9.17, 15) is 9.59 Å². The number of halogens is 2. The molecule has 1 aromatic heterocycles. The van der Waals surface area contributed by atoms with Gasteiger partial charge in [-0.1, -0.05) is 23.2 Å². The average Bonchev–Trinajstić information content (AvgIpc) is 3.11. The van der Waals surface area contributed by atoms with Gasteiger partial charge in [-0.25, -0.2) is 4.98 Å². The summed E-state index contributed by atoms with van der Waals surface area (Å²) >= 11 is 13.4. The maximum Gasteiger partial charge on any atom is 0.231 e. The number of hydrogen-bond acceptors (Lipinski definition) is 4. The number of anilines is 2. The molecule has 5 nitrogen and oxygen atoms in total. The third-order valence-corrected chi connectivity index (χ3v) is 4.60. The second-order valence-electron chi connectivity index (χ2n) is 4.83. The van der Waals surface area contributed by atoms with Crippen LogP contribution < -0.4 is 10.2 Å². The van der Waals surface area contributed by atoms with E-state index >= 15 is 0 Å². The molecule has 2 amide bonds. The summed E-state index contributed by atoms with van der Waals surface area (Å²) in [4.78, 5) is 29.9. The van der Waals surface area contributed by atoms with Crippen molar-refractivity contribution in [2.45, 2.75) is 6.42 Å². The van der Waals surface area contributed by atoms with Crippen LogP contribution in [-0.4, -0.2) is 23.3 Å². The number of hydrogen-bond donors (Lipinski definition) is 1. The van der Waals surface area contributed by atoms with Crippen LogP contribution in [0.2, 0.25) is 10.0 Å². The molecule has 1 fully saturated rings. The van der Waals surface area contributed by atoms with Crippen molar-refractivity contribution in [3.05, 3.63) is 39.8 Å². The highest BCUT2D eigenvalue weighted by Crippen LogP contribution is 2.33. The van der Waals surface area contributed by atoms with E-state index in [1.165, 1.54) is 16.2 Å². The number of benzene rings is 1. The third kappa shape index (κ3) is 3.09. The Morgan fingerprint density at radius 3 is 2.95 bits per heavy atom. The molecule has 0 saturated carbocycles. The number of aromatic nitrogens is 1. The van der Waals surface area contributed by atoms with Gasteiger partial charge in [0.1, 0.15) is 0 Å². The fourth-order valence-corrected chi connectivity index (χ4v) is 3.22. The first-order chi connectivity index (χ1) is 10.5. The second-order valence-corrected chi connectivity index (χ2v) is 6.57. The van der Waals surface area contributed by atoms with Gasteiger partial charge in [0.15, 0.2) is 5.13 Å². The van der Waals surface area contributed by atoms with E-state index in [-0.39, 0.29) is 24.8 Å². The Hall–Kier alpha value is -1.63. The molecule has 3 rings (SSSR count). The minimum absolute atomic E-state index is 0.139. The van der Waals surface area contributed by atoms with Gasteiger partial charge in [-0.2, -0.15) is 0 Å². The van der Waals surface area contributed by atoms with Gasteiger partial charge in [0, 0.05) is 29.6 Å². The Balaban J connectivity index is 1.75. The number of carbonyl (C=O) groups excluding carboxylic acids is 2. The van der Waals surface area contributed by atoms with Gasteiger partial charge in [-0.05, 0) is 18.2 Å². The molecule has 0 bridgehead atoms. The molecule has 1 unspecified atom stereocenters. The number of thiazole rings is 1. The topological polar surface area (TPSA) is 62.3 Å².